The van der Waals surface area contributed by atoms with Crippen LogP contribution in [0, 0.1) is 11.3 Å². The normalized spacial score (nSPS) is 12.6. The Morgan fingerprint density at radius 2 is 1.80 bits per heavy atom. The first kappa shape index (κ1) is 23.3. The second-order valence-corrected chi connectivity index (χ2v) is 11.6. The lowest BCUT2D eigenvalue weighted by atomic mass is 9.85. The van der Waals surface area contributed by atoms with Crippen LogP contribution in [0.1, 0.15) is 71.4 Å². The van der Waals surface area contributed by atoms with Crippen LogP contribution in [0.4, 0.5) is 0 Å². The average Bonchev–Trinajstić information content (AvgIpc) is 3.25. The molecule has 0 radical (unpaired) electrons. The highest BCUT2D eigenvalue weighted by Gasteiger charge is 2.35. The molecule has 1 aromatic carbocycles. The van der Waals surface area contributed by atoms with Crippen LogP contribution in [-0.2, 0) is 11.1 Å². The molecule has 30 heavy (non-hydrogen) atoms. The quantitative estimate of drug-likeness (QED) is 0.407. The first-order valence-electron chi connectivity index (χ1n) is 10.8. The molecule has 0 aliphatic carbocycles. The van der Waals surface area contributed by atoms with Crippen LogP contribution in [0.3, 0.4) is 0 Å². The van der Waals surface area contributed by atoms with Crippen LogP contribution in [-0.4, -0.2) is 31.6 Å². The molecule has 3 nitrogen and oxygen atoms in total. The van der Waals surface area contributed by atoms with Gasteiger partial charge in [0.1, 0.15) is 6.07 Å². The van der Waals surface area contributed by atoms with Gasteiger partial charge in [-0.3, -0.25) is 0 Å². The maximum Gasteiger partial charge on any atom is 0.319 e. The predicted octanol–water partition coefficient (Wildman–Crippen LogP) is 3.91. The minimum atomic E-state index is -0.930. The summed E-state index contributed by atoms with van der Waals surface area (Å²) in [6.07, 6.45) is 5.69. The van der Waals surface area contributed by atoms with Gasteiger partial charge in [-0.15, -0.1) is 22.7 Å². The van der Waals surface area contributed by atoms with Gasteiger partial charge in [0.05, 0.1) is 26.2 Å². The molecule has 0 saturated carbocycles. The van der Waals surface area contributed by atoms with Crippen LogP contribution in [0.25, 0.3) is 20.2 Å². The third-order valence-corrected chi connectivity index (χ3v) is 8.50. The van der Waals surface area contributed by atoms with E-state index < -0.39 is 11.2 Å². The fourth-order valence-electron chi connectivity index (χ4n) is 3.62. The van der Waals surface area contributed by atoms with Crippen molar-refractivity contribution < 1.29 is 9.76 Å². The lowest BCUT2D eigenvalue weighted by Crippen LogP contribution is -2.49. The van der Waals surface area contributed by atoms with Crippen molar-refractivity contribution in [3.63, 3.8) is 0 Å². The third-order valence-electron chi connectivity index (χ3n) is 6.18. The largest absolute Gasteiger partial charge is 0.426 e. The standard InChI is InChI=1S/C23H31B2NO2S2/c1-6-7-8-9-10-14-16-12-19(25-28-23(4,5)22(2,3)27)30-21(16)20-15(17(14)13-26)11-18(24)29-20/h11-12,25,27H,6-10,24H2,1-5H3. The lowest BCUT2D eigenvalue weighted by molar-refractivity contribution is -0.0892. The summed E-state index contributed by atoms with van der Waals surface area (Å²) in [4.78, 5) is 0. The molecule has 0 bridgehead atoms. The first-order valence-corrected chi connectivity index (χ1v) is 12.5. The van der Waals surface area contributed by atoms with E-state index in [0.29, 0.717) is 7.48 Å². The number of aliphatic hydroxyl groups is 1. The molecule has 0 atom stereocenters. The van der Waals surface area contributed by atoms with Crippen molar-refractivity contribution in [3.05, 3.63) is 23.3 Å². The van der Waals surface area contributed by atoms with Gasteiger partial charge in [0.25, 0.3) is 0 Å². The molecule has 158 valence electrons. The number of fused-ring (bicyclic) bond motifs is 3. The summed E-state index contributed by atoms with van der Waals surface area (Å²) in [6, 6.07) is 6.90. The van der Waals surface area contributed by atoms with E-state index >= 15 is 0 Å². The van der Waals surface area contributed by atoms with Gasteiger partial charge in [-0.2, -0.15) is 5.26 Å². The Morgan fingerprint density at radius 1 is 1.10 bits per heavy atom. The SMILES string of the molecule is Bc1cc2c(C#N)c(CCCCCC)c3cc(BOC(C)(C)C(C)(C)O)sc3c2s1. The number of benzene rings is 1. The fourth-order valence-corrected chi connectivity index (χ4v) is 5.89. The molecule has 0 aliphatic heterocycles. The van der Waals surface area contributed by atoms with Crippen molar-refractivity contribution in [2.75, 3.05) is 0 Å². The summed E-state index contributed by atoms with van der Waals surface area (Å²) in [6.45, 7) is 9.63. The molecule has 0 fully saturated rings. The smallest absolute Gasteiger partial charge is 0.319 e. The van der Waals surface area contributed by atoms with Gasteiger partial charge in [0, 0.05) is 10.2 Å². The Kier molecular flexibility index (Phi) is 7.04. The van der Waals surface area contributed by atoms with E-state index in [9.17, 15) is 10.4 Å². The summed E-state index contributed by atoms with van der Waals surface area (Å²) in [7, 11) is 2.57. The van der Waals surface area contributed by atoms with Gasteiger partial charge < -0.3 is 9.76 Å². The van der Waals surface area contributed by atoms with Gasteiger partial charge in [-0.1, -0.05) is 26.2 Å². The van der Waals surface area contributed by atoms with E-state index in [1.54, 1.807) is 36.5 Å². The Balaban J connectivity index is 2.05. The molecule has 2 heterocycles. The fraction of sp³-hybridized carbons (Fsp3) is 0.522. The van der Waals surface area contributed by atoms with Crippen LogP contribution in [0.15, 0.2) is 12.1 Å². The summed E-state index contributed by atoms with van der Waals surface area (Å²) < 4.78 is 11.0. The molecule has 3 aromatic rings. The van der Waals surface area contributed by atoms with Gasteiger partial charge in [-0.25, -0.2) is 0 Å². The number of rotatable bonds is 9. The van der Waals surface area contributed by atoms with E-state index in [1.165, 1.54) is 44.4 Å². The zero-order chi connectivity index (χ0) is 22.1. The Morgan fingerprint density at radius 3 is 2.43 bits per heavy atom. The van der Waals surface area contributed by atoms with E-state index in [4.69, 9.17) is 4.65 Å². The highest BCUT2D eigenvalue weighted by atomic mass is 32.1. The van der Waals surface area contributed by atoms with E-state index in [2.05, 4.69) is 33.0 Å². The molecule has 3 rings (SSSR count). The Labute approximate surface area is 189 Å². The van der Waals surface area contributed by atoms with Crippen LogP contribution < -0.4 is 9.55 Å². The minimum Gasteiger partial charge on any atom is -0.426 e. The maximum atomic E-state index is 10.4. The minimum absolute atomic E-state index is 0.458. The van der Waals surface area contributed by atoms with Crippen LogP contribution in [0.2, 0.25) is 0 Å². The first-order chi connectivity index (χ1) is 14.1. The monoisotopic (exact) mass is 439 g/mol. The summed E-state index contributed by atoms with van der Waals surface area (Å²) in [5.41, 5.74) is 0.456. The van der Waals surface area contributed by atoms with Crippen LogP contribution >= 0.6 is 22.7 Å². The predicted molar refractivity (Wildman–Crippen MR) is 136 cm³/mol. The molecule has 0 saturated heterocycles. The molecule has 0 aliphatic rings. The number of hydrogen-bond acceptors (Lipinski definition) is 5. The molecule has 2 aromatic heterocycles. The van der Waals surface area contributed by atoms with Crippen molar-refractivity contribution in [2.24, 2.45) is 0 Å². The molecule has 1 N–H and O–H groups in total. The van der Waals surface area contributed by atoms with Crippen molar-refractivity contribution in [3.8, 4) is 6.07 Å². The maximum absolute atomic E-state index is 10.4. The molecule has 0 spiro atoms. The summed E-state index contributed by atoms with van der Waals surface area (Å²) in [5.74, 6) is 0. The van der Waals surface area contributed by atoms with E-state index in [-0.39, 0.29) is 0 Å². The average molecular weight is 439 g/mol. The number of thiophene rings is 2. The van der Waals surface area contributed by atoms with Crippen LogP contribution in [0.5, 0.6) is 0 Å². The third kappa shape index (κ3) is 4.62. The Bertz CT molecular complexity index is 1090. The number of unbranched alkanes of at least 4 members (excludes halogenated alkanes) is 3. The number of hydrogen-bond donors (Lipinski definition) is 1. The topological polar surface area (TPSA) is 53.2 Å². The summed E-state index contributed by atoms with van der Waals surface area (Å²) in [5, 5.41) is 22.7. The van der Waals surface area contributed by atoms with E-state index in [0.717, 1.165) is 28.6 Å². The van der Waals surface area contributed by atoms with Crippen molar-refractivity contribution >= 4 is 67.7 Å². The lowest BCUT2D eigenvalue weighted by Gasteiger charge is -2.37. The zero-order valence-electron chi connectivity index (χ0n) is 19.0. The molecular formula is C23H31B2NO2S2. The van der Waals surface area contributed by atoms with Gasteiger partial charge in [0.2, 0.25) is 0 Å². The number of aryl methyl sites for hydroxylation is 1. The zero-order valence-corrected chi connectivity index (χ0v) is 20.6. The molecule has 0 unspecified atom stereocenters. The highest BCUT2D eigenvalue weighted by Crippen LogP contribution is 2.38. The van der Waals surface area contributed by atoms with Crippen molar-refractivity contribution in [2.45, 2.75) is 77.9 Å². The molecular weight excluding hydrogens is 408 g/mol. The number of nitriles is 1. The summed E-state index contributed by atoms with van der Waals surface area (Å²) >= 11 is 3.53. The number of nitrogens with zero attached hydrogens (tertiary/aromatic N) is 1. The Hall–Kier alpha value is -1.32. The molecule has 0 amide bonds. The van der Waals surface area contributed by atoms with Crippen molar-refractivity contribution in [1.29, 1.82) is 5.26 Å². The second kappa shape index (κ2) is 9.04. The van der Waals surface area contributed by atoms with Gasteiger partial charge in [-0.05, 0) is 68.4 Å². The van der Waals surface area contributed by atoms with Crippen molar-refractivity contribution in [1.82, 2.24) is 0 Å². The van der Waals surface area contributed by atoms with Gasteiger partial charge in [0.15, 0.2) is 7.85 Å². The second-order valence-electron chi connectivity index (χ2n) is 9.19. The van der Waals surface area contributed by atoms with E-state index in [1.807, 2.05) is 13.8 Å². The van der Waals surface area contributed by atoms with Gasteiger partial charge >= 0.3 is 7.48 Å². The highest BCUT2D eigenvalue weighted by molar-refractivity contribution is 7.34. The molecule has 7 heteroatoms.